The number of hydrogen-bond acceptors (Lipinski definition) is 7. The first-order valence-electron chi connectivity index (χ1n) is 13.5. The van der Waals surface area contributed by atoms with Crippen LogP contribution in [0.1, 0.15) is 11.1 Å². The van der Waals surface area contributed by atoms with E-state index in [9.17, 15) is 0 Å². The van der Waals surface area contributed by atoms with E-state index >= 15 is 0 Å². The number of halogens is 3. The first-order valence-corrected chi connectivity index (χ1v) is 15.0. The Kier molecular flexibility index (Phi) is 8.81. The summed E-state index contributed by atoms with van der Waals surface area (Å²) in [6.07, 6.45) is 2.79. The van der Waals surface area contributed by atoms with E-state index in [-0.39, 0.29) is 12.6 Å². The molecule has 1 aromatic heterocycles. The highest BCUT2D eigenvalue weighted by Gasteiger charge is 2.45. The average molecular weight is 659 g/mol. The van der Waals surface area contributed by atoms with Crippen LogP contribution >= 0.6 is 39.1 Å². The predicted octanol–water partition coefficient (Wildman–Crippen LogP) is 6.02. The zero-order valence-electron chi connectivity index (χ0n) is 22.3. The number of rotatable bonds is 9. The summed E-state index contributed by atoms with van der Waals surface area (Å²) in [5, 5.41) is 5.23. The molecule has 0 N–H and O–H groups in total. The van der Waals surface area contributed by atoms with Crippen molar-refractivity contribution in [3.63, 3.8) is 0 Å². The van der Waals surface area contributed by atoms with Gasteiger partial charge in [0.1, 0.15) is 37.7 Å². The molecule has 2 saturated heterocycles. The third-order valence-electron chi connectivity index (χ3n) is 7.37. The van der Waals surface area contributed by atoms with Gasteiger partial charge in [0, 0.05) is 53.5 Å². The molecule has 8 nitrogen and oxygen atoms in total. The quantitative estimate of drug-likeness (QED) is 0.218. The second-order valence-electron chi connectivity index (χ2n) is 10.2. The maximum absolute atomic E-state index is 6.56. The van der Waals surface area contributed by atoms with Crippen molar-refractivity contribution in [1.29, 1.82) is 0 Å². The van der Waals surface area contributed by atoms with Crippen molar-refractivity contribution in [3.05, 3.63) is 105 Å². The molecule has 2 atom stereocenters. The van der Waals surface area contributed by atoms with Crippen molar-refractivity contribution in [3.8, 4) is 5.75 Å². The van der Waals surface area contributed by atoms with Gasteiger partial charge >= 0.3 is 0 Å². The van der Waals surface area contributed by atoms with Crippen molar-refractivity contribution in [1.82, 2.24) is 19.7 Å². The van der Waals surface area contributed by atoms with Gasteiger partial charge in [-0.15, -0.1) is 0 Å². The zero-order chi connectivity index (χ0) is 28.2. The highest BCUT2D eigenvalue weighted by Crippen LogP contribution is 2.40. The van der Waals surface area contributed by atoms with Gasteiger partial charge in [-0.05, 0) is 54.1 Å². The minimum absolute atomic E-state index is 0.288. The van der Waals surface area contributed by atoms with Gasteiger partial charge in [0.2, 0.25) is 5.79 Å². The molecule has 11 heteroatoms. The van der Waals surface area contributed by atoms with Crippen LogP contribution in [0.4, 0.5) is 5.69 Å². The van der Waals surface area contributed by atoms with Gasteiger partial charge in [0.25, 0.3) is 0 Å². The summed E-state index contributed by atoms with van der Waals surface area (Å²) in [6.45, 7) is 5.98. The molecule has 4 aromatic rings. The van der Waals surface area contributed by atoms with Gasteiger partial charge in [-0.3, -0.25) is 4.90 Å². The molecule has 0 aliphatic carbocycles. The summed E-state index contributed by atoms with van der Waals surface area (Å²) in [4.78, 5) is 8.96. The van der Waals surface area contributed by atoms with E-state index in [0.717, 1.165) is 42.9 Å². The Labute approximate surface area is 257 Å². The third-order valence-corrected chi connectivity index (χ3v) is 8.44. The van der Waals surface area contributed by atoms with Gasteiger partial charge in [-0.25, -0.2) is 9.67 Å². The van der Waals surface area contributed by atoms with E-state index < -0.39 is 5.79 Å². The van der Waals surface area contributed by atoms with Crippen LogP contribution in [0, 0.1) is 0 Å². The number of aromatic nitrogens is 3. The lowest BCUT2D eigenvalue weighted by Gasteiger charge is -2.36. The Morgan fingerprint density at radius 3 is 2.46 bits per heavy atom. The smallest absolute Gasteiger partial charge is 0.217 e. The van der Waals surface area contributed by atoms with Gasteiger partial charge < -0.3 is 19.1 Å². The van der Waals surface area contributed by atoms with Crippen LogP contribution < -0.4 is 9.64 Å². The van der Waals surface area contributed by atoms with Crippen LogP contribution in [0.3, 0.4) is 0 Å². The fourth-order valence-corrected chi connectivity index (χ4v) is 6.05. The van der Waals surface area contributed by atoms with Gasteiger partial charge in [-0.2, -0.15) is 5.10 Å². The topological polar surface area (TPSA) is 64.9 Å². The first kappa shape index (κ1) is 28.5. The molecule has 3 aromatic carbocycles. The molecule has 214 valence electrons. The van der Waals surface area contributed by atoms with Crippen molar-refractivity contribution < 1.29 is 14.2 Å². The molecule has 3 heterocycles. The Morgan fingerprint density at radius 1 is 0.976 bits per heavy atom. The lowest BCUT2D eigenvalue weighted by molar-refractivity contribution is -0.190. The van der Waals surface area contributed by atoms with Gasteiger partial charge in [0.15, 0.2) is 0 Å². The van der Waals surface area contributed by atoms with E-state index in [2.05, 4.69) is 72.2 Å². The van der Waals surface area contributed by atoms with Gasteiger partial charge in [0.05, 0.1) is 11.6 Å². The molecule has 0 spiro atoms. The Hall–Kier alpha value is -2.66. The van der Waals surface area contributed by atoms with Crippen molar-refractivity contribution in [2.45, 2.75) is 25.0 Å². The highest BCUT2D eigenvalue weighted by atomic mass is 79.9. The zero-order valence-corrected chi connectivity index (χ0v) is 25.4. The summed E-state index contributed by atoms with van der Waals surface area (Å²) in [5.74, 6) is -0.350. The lowest BCUT2D eigenvalue weighted by atomic mass is 10.1. The molecular formula is C30H30BrCl2N5O3. The molecule has 0 radical (unpaired) electrons. The van der Waals surface area contributed by atoms with E-state index in [0.29, 0.717) is 28.8 Å². The second-order valence-corrected chi connectivity index (χ2v) is 12.0. The summed E-state index contributed by atoms with van der Waals surface area (Å²) in [5.41, 5.74) is 3.22. The minimum atomic E-state index is -1.13. The first-order chi connectivity index (χ1) is 20.0. The highest BCUT2D eigenvalue weighted by molar-refractivity contribution is 9.10. The van der Waals surface area contributed by atoms with E-state index in [1.165, 1.54) is 17.6 Å². The Bertz CT molecular complexity index is 1430. The van der Waals surface area contributed by atoms with Crippen LogP contribution in [0.25, 0.3) is 0 Å². The van der Waals surface area contributed by atoms with Crippen LogP contribution in [0.2, 0.25) is 10.0 Å². The van der Waals surface area contributed by atoms with Gasteiger partial charge in [-0.1, -0.05) is 57.3 Å². The van der Waals surface area contributed by atoms with E-state index in [4.69, 9.17) is 37.4 Å². The number of piperazine rings is 1. The van der Waals surface area contributed by atoms with Crippen molar-refractivity contribution in [2.24, 2.45) is 0 Å². The summed E-state index contributed by atoms with van der Waals surface area (Å²) < 4.78 is 21.6. The monoisotopic (exact) mass is 657 g/mol. The second kappa shape index (κ2) is 12.7. The van der Waals surface area contributed by atoms with E-state index in [1.54, 1.807) is 23.1 Å². The molecule has 0 bridgehead atoms. The normalized spacial score (nSPS) is 21.3. The average Bonchev–Trinajstić information content (AvgIpc) is 3.64. The van der Waals surface area contributed by atoms with Crippen LogP contribution in [-0.2, 0) is 28.4 Å². The molecule has 0 unspecified atom stereocenters. The minimum Gasteiger partial charge on any atom is -0.491 e. The number of nitrogens with zero attached hydrogens (tertiary/aromatic N) is 5. The summed E-state index contributed by atoms with van der Waals surface area (Å²) in [7, 11) is 0. The fourth-order valence-electron chi connectivity index (χ4n) is 5.24. The van der Waals surface area contributed by atoms with E-state index in [1.807, 2.05) is 18.2 Å². The molecule has 6 rings (SSSR count). The molecule has 0 amide bonds. The standard InChI is InChI=1S/C30H30BrCl2N5O3/c31-23-3-1-22(2-4-23)16-36-11-13-37(14-12-36)25-6-8-26(9-7-25)39-17-27-18-40-30(41-27,19-38-21-34-20-35-38)28-10-5-24(32)15-29(28)33/h1-10,15,20-21,27H,11-14,16-19H2/t27-,30-/m1/s1. The SMILES string of the molecule is Clc1ccc([C@]2(Cn3cncn3)OC[C@@H](COc3ccc(N4CCN(Cc5ccc(Br)cc5)CC4)cc3)O2)c(Cl)c1. The molecule has 41 heavy (non-hydrogen) atoms. The molecule has 2 aliphatic heterocycles. The predicted molar refractivity (Wildman–Crippen MR) is 163 cm³/mol. The number of hydrogen-bond donors (Lipinski definition) is 0. The Morgan fingerprint density at radius 2 is 1.76 bits per heavy atom. The molecule has 2 aliphatic rings. The number of benzene rings is 3. The third kappa shape index (κ3) is 6.88. The molecular weight excluding hydrogens is 629 g/mol. The van der Waals surface area contributed by atoms with Crippen LogP contribution in [0.15, 0.2) is 83.9 Å². The van der Waals surface area contributed by atoms with Crippen LogP contribution in [0.5, 0.6) is 5.75 Å². The van der Waals surface area contributed by atoms with Crippen molar-refractivity contribution in [2.75, 3.05) is 44.3 Å². The van der Waals surface area contributed by atoms with Crippen molar-refractivity contribution >= 4 is 44.8 Å². The maximum Gasteiger partial charge on any atom is 0.217 e. The fraction of sp³-hybridized carbons (Fsp3) is 0.333. The summed E-state index contributed by atoms with van der Waals surface area (Å²) >= 11 is 16.2. The summed E-state index contributed by atoms with van der Waals surface area (Å²) in [6, 6.07) is 22.1. The molecule has 2 fully saturated rings. The van der Waals surface area contributed by atoms with Crippen LogP contribution in [-0.4, -0.2) is 65.2 Å². The largest absolute Gasteiger partial charge is 0.491 e. The molecule has 0 saturated carbocycles. The lowest BCUT2D eigenvalue weighted by Crippen LogP contribution is -2.45. The Balaban J connectivity index is 1.03. The number of ether oxygens (including phenoxy) is 3. The number of anilines is 1. The maximum atomic E-state index is 6.56.